The first kappa shape index (κ1) is 19.7. The molecular formula is C23H30BrN3O. The third-order valence-corrected chi connectivity index (χ3v) is 6.66. The molecule has 4 nitrogen and oxygen atoms in total. The van der Waals surface area contributed by atoms with Crippen LogP contribution in [0.4, 0.5) is 5.69 Å². The molecule has 1 aliphatic heterocycles. The number of ketones is 1. The molecule has 2 heterocycles. The first-order valence-electron chi connectivity index (χ1n) is 10.6. The molecule has 1 aromatic heterocycles. The molecule has 0 atom stereocenters. The van der Waals surface area contributed by atoms with E-state index in [1.165, 1.54) is 37.2 Å². The summed E-state index contributed by atoms with van der Waals surface area (Å²) >= 11 is 3.51. The number of Topliss-reactive ketones (excluding diaryl/α,β-unsaturated/α-hetero) is 1. The van der Waals surface area contributed by atoms with Gasteiger partial charge < -0.3 is 9.47 Å². The lowest BCUT2D eigenvalue weighted by molar-refractivity contribution is 0.0971. The minimum atomic E-state index is 0.335. The topological polar surface area (TPSA) is 28.5 Å². The van der Waals surface area contributed by atoms with E-state index in [-0.39, 0.29) is 0 Å². The van der Waals surface area contributed by atoms with Crippen molar-refractivity contribution in [2.24, 2.45) is 0 Å². The van der Waals surface area contributed by atoms with Crippen LogP contribution in [0.15, 0.2) is 41.0 Å². The number of fused-ring (bicyclic) bond motifs is 1. The number of halogens is 1. The first-order chi connectivity index (χ1) is 13.7. The molecule has 0 N–H and O–H groups in total. The molecule has 2 aliphatic rings. The van der Waals surface area contributed by atoms with Crippen LogP contribution in [0.5, 0.6) is 0 Å². The molecule has 0 amide bonds. The number of nitrogens with zero attached hydrogens (tertiary/aromatic N) is 3. The van der Waals surface area contributed by atoms with E-state index in [9.17, 15) is 4.79 Å². The fourth-order valence-electron chi connectivity index (χ4n) is 4.47. The maximum absolute atomic E-state index is 12.0. The maximum atomic E-state index is 12.0. The average molecular weight is 444 g/mol. The molecule has 0 radical (unpaired) electrons. The quantitative estimate of drug-likeness (QED) is 0.577. The van der Waals surface area contributed by atoms with Gasteiger partial charge in [0.25, 0.3) is 0 Å². The van der Waals surface area contributed by atoms with E-state index in [0.717, 1.165) is 62.0 Å². The van der Waals surface area contributed by atoms with Gasteiger partial charge in [-0.25, -0.2) is 0 Å². The summed E-state index contributed by atoms with van der Waals surface area (Å²) in [5.41, 5.74) is 3.59. The number of benzene rings is 1. The molecule has 1 saturated heterocycles. The molecule has 28 heavy (non-hydrogen) atoms. The second-order valence-corrected chi connectivity index (χ2v) is 8.93. The highest BCUT2D eigenvalue weighted by atomic mass is 79.9. The standard InChI is InChI=1S/C23H30BrN3O/c24-19-7-9-20(10-8-19)26-17-15-25(16-18-26)12-2-1-3-13-27-14-11-21-22(27)5-4-6-23(21)28/h7-11,14H,1-6,12-13,15-18H2. The number of piperazine rings is 1. The number of aromatic nitrogens is 1. The van der Waals surface area contributed by atoms with E-state index in [2.05, 4.69) is 60.8 Å². The minimum Gasteiger partial charge on any atom is -0.369 e. The minimum absolute atomic E-state index is 0.335. The molecule has 1 aliphatic carbocycles. The fourth-order valence-corrected chi connectivity index (χ4v) is 4.74. The lowest BCUT2D eigenvalue weighted by atomic mass is 9.97. The Labute approximate surface area is 176 Å². The Bertz CT molecular complexity index is 791. The second kappa shape index (κ2) is 9.27. The molecule has 150 valence electrons. The summed E-state index contributed by atoms with van der Waals surface area (Å²) in [4.78, 5) is 17.0. The monoisotopic (exact) mass is 443 g/mol. The van der Waals surface area contributed by atoms with Crippen LogP contribution in [0.25, 0.3) is 0 Å². The highest BCUT2D eigenvalue weighted by Crippen LogP contribution is 2.23. The molecule has 1 aromatic carbocycles. The predicted molar refractivity (Wildman–Crippen MR) is 118 cm³/mol. The van der Waals surface area contributed by atoms with Gasteiger partial charge in [-0.05, 0) is 62.6 Å². The molecular weight excluding hydrogens is 414 g/mol. The lowest BCUT2D eigenvalue weighted by Crippen LogP contribution is -2.46. The van der Waals surface area contributed by atoms with E-state index < -0.39 is 0 Å². The van der Waals surface area contributed by atoms with Crippen LogP contribution >= 0.6 is 15.9 Å². The Hall–Kier alpha value is -1.59. The van der Waals surface area contributed by atoms with Gasteiger partial charge >= 0.3 is 0 Å². The van der Waals surface area contributed by atoms with Crippen molar-refractivity contribution in [3.63, 3.8) is 0 Å². The number of carbonyl (C=O) groups is 1. The van der Waals surface area contributed by atoms with Crippen molar-refractivity contribution in [1.29, 1.82) is 0 Å². The Kier molecular flexibility index (Phi) is 6.53. The molecule has 1 fully saturated rings. The molecule has 0 unspecified atom stereocenters. The number of unbranched alkanes of at least 4 members (excludes halogenated alkanes) is 2. The highest BCUT2D eigenvalue weighted by molar-refractivity contribution is 9.10. The number of carbonyl (C=O) groups excluding carboxylic acids is 1. The third-order valence-electron chi connectivity index (χ3n) is 6.13. The zero-order valence-corrected chi connectivity index (χ0v) is 18.2. The number of hydrogen-bond donors (Lipinski definition) is 0. The van der Waals surface area contributed by atoms with Crippen molar-refractivity contribution >= 4 is 27.4 Å². The molecule has 0 spiro atoms. The van der Waals surface area contributed by atoms with E-state index in [1.807, 2.05) is 6.07 Å². The van der Waals surface area contributed by atoms with Crippen molar-refractivity contribution in [2.75, 3.05) is 37.6 Å². The Balaban J connectivity index is 1.14. The van der Waals surface area contributed by atoms with Crippen LogP contribution in [0.1, 0.15) is 48.2 Å². The van der Waals surface area contributed by atoms with E-state index in [4.69, 9.17) is 0 Å². The van der Waals surface area contributed by atoms with Gasteiger partial charge in [0.15, 0.2) is 5.78 Å². The smallest absolute Gasteiger partial charge is 0.164 e. The summed E-state index contributed by atoms with van der Waals surface area (Å²) in [6.07, 6.45) is 8.66. The number of anilines is 1. The van der Waals surface area contributed by atoms with E-state index in [1.54, 1.807) is 0 Å². The van der Waals surface area contributed by atoms with Crippen molar-refractivity contribution in [3.05, 3.63) is 52.3 Å². The van der Waals surface area contributed by atoms with Gasteiger partial charge in [-0.3, -0.25) is 9.69 Å². The average Bonchev–Trinajstić information content (AvgIpc) is 3.13. The normalized spacial score (nSPS) is 17.8. The summed E-state index contributed by atoms with van der Waals surface area (Å²) in [6.45, 7) is 6.80. The highest BCUT2D eigenvalue weighted by Gasteiger charge is 2.20. The Morgan fingerprint density at radius 1 is 0.857 bits per heavy atom. The van der Waals surface area contributed by atoms with Gasteiger partial charge in [0.05, 0.1) is 0 Å². The number of rotatable bonds is 7. The predicted octanol–water partition coefficient (Wildman–Crippen LogP) is 4.76. The van der Waals surface area contributed by atoms with Gasteiger partial charge in [-0.1, -0.05) is 22.4 Å². The largest absolute Gasteiger partial charge is 0.369 e. The SMILES string of the molecule is O=C1CCCc2c1ccn2CCCCCN1CCN(c2ccc(Br)cc2)CC1. The maximum Gasteiger partial charge on any atom is 0.164 e. The fraction of sp³-hybridized carbons (Fsp3) is 0.522. The summed E-state index contributed by atoms with van der Waals surface area (Å²) in [7, 11) is 0. The summed E-state index contributed by atoms with van der Waals surface area (Å²) in [5.74, 6) is 0.335. The van der Waals surface area contributed by atoms with Crippen LogP contribution in [0.3, 0.4) is 0 Å². The van der Waals surface area contributed by atoms with Gasteiger partial charge in [-0.15, -0.1) is 0 Å². The van der Waals surface area contributed by atoms with Crippen LogP contribution in [0.2, 0.25) is 0 Å². The van der Waals surface area contributed by atoms with Crippen molar-refractivity contribution in [2.45, 2.75) is 45.1 Å². The van der Waals surface area contributed by atoms with E-state index in [0.29, 0.717) is 5.78 Å². The van der Waals surface area contributed by atoms with Gasteiger partial charge in [0.1, 0.15) is 0 Å². The van der Waals surface area contributed by atoms with Gasteiger partial charge in [0.2, 0.25) is 0 Å². The summed E-state index contributed by atoms with van der Waals surface area (Å²) < 4.78 is 3.46. The van der Waals surface area contributed by atoms with Crippen LogP contribution < -0.4 is 4.90 Å². The van der Waals surface area contributed by atoms with Gasteiger partial charge in [0, 0.05) is 66.8 Å². The van der Waals surface area contributed by atoms with Crippen molar-refractivity contribution < 1.29 is 4.79 Å². The number of hydrogen-bond acceptors (Lipinski definition) is 3. The molecule has 0 saturated carbocycles. The molecule has 2 aromatic rings. The van der Waals surface area contributed by atoms with Crippen LogP contribution in [0, 0.1) is 0 Å². The Morgan fingerprint density at radius 2 is 1.61 bits per heavy atom. The summed E-state index contributed by atoms with van der Waals surface area (Å²) in [6, 6.07) is 10.7. The van der Waals surface area contributed by atoms with E-state index >= 15 is 0 Å². The number of aryl methyl sites for hydroxylation is 1. The molecule has 4 rings (SSSR count). The lowest BCUT2D eigenvalue weighted by Gasteiger charge is -2.36. The second-order valence-electron chi connectivity index (χ2n) is 8.01. The van der Waals surface area contributed by atoms with Gasteiger partial charge in [-0.2, -0.15) is 0 Å². The zero-order chi connectivity index (χ0) is 19.3. The molecule has 0 bridgehead atoms. The van der Waals surface area contributed by atoms with Crippen LogP contribution in [-0.4, -0.2) is 48.0 Å². The van der Waals surface area contributed by atoms with Crippen LogP contribution in [-0.2, 0) is 13.0 Å². The third kappa shape index (κ3) is 4.69. The first-order valence-corrected chi connectivity index (χ1v) is 11.4. The zero-order valence-electron chi connectivity index (χ0n) is 16.6. The van der Waals surface area contributed by atoms with Crippen molar-refractivity contribution in [1.82, 2.24) is 9.47 Å². The summed E-state index contributed by atoms with van der Waals surface area (Å²) in [5, 5.41) is 0. The Morgan fingerprint density at radius 3 is 2.39 bits per heavy atom. The molecule has 5 heteroatoms. The van der Waals surface area contributed by atoms with Crippen molar-refractivity contribution in [3.8, 4) is 0 Å².